The number of hydrogen-bond acceptors (Lipinski definition) is 6. The Hall–Kier alpha value is -2.74. The Kier molecular flexibility index (Phi) is 8.36. The Morgan fingerprint density at radius 3 is 2.46 bits per heavy atom. The topological polar surface area (TPSA) is 105 Å². The number of nitrogens with zero attached hydrogens (tertiary/aromatic N) is 3. The summed E-state index contributed by atoms with van der Waals surface area (Å²) in [6.45, 7) is 5.49. The monoisotopic (exact) mass is 542 g/mol. The molecule has 0 saturated carbocycles. The van der Waals surface area contributed by atoms with Gasteiger partial charge in [0.05, 0.1) is 15.8 Å². The van der Waals surface area contributed by atoms with Gasteiger partial charge in [-0.05, 0) is 60.9 Å². The van der Waals surface area contributed by atoms with Crippen molar-refractivity contribution in [1.82, 2.24) is 9.97 Å². The molecule has 1 aliphatic heterocycles. The van der Waals surface area contributed by atoms with Gasteiger partial charge in [0.25, 0.3) is 0 Å². The van der Waals surface area contributed by atoms with Crippen molar-refractivity contribution < 1.29 is 4.39 Å². The molecule has 4 rings (SSSR count). The van der Waals surface area contributed by atoms with Crippen LogP contribution in [-0.4, -0.2) is 34.3 Å². The fraction of sp³-hybridized carbons (Fsp3) is 0.393. The number of hydrogen-bond donors (Lipinski definition) is 3. The first-order chi connectivity index (χ1) is 17.6. The second-order valence-electron chi connectivity index (χ2n) is 10.0. The zero-order valence-electron chi connectivity index (χ0n) is 21.2. The number of piperidine rings is 1. The second kappa shape index (κ2) is 11.3. The molecular weight excluding hydrogens is 510 g/mol. The van der Waals surface area contributed by atoms with Gasteiger partial charge in [0.15, 0.2) is 11.6 Å². The summed E-state index contributed by atoms with van der Waals surface area (Å²) in [5.74, 6) is -0.134. The lowest BCUT2D eigenvalue weighted by Crippen LogP contribution is -2.50. The van der Waals surface area contributed by atoms with Crippen LogP contribution in [0.4, 0.5) is 15.9 Å². The molecular formula is C28H33Cl2FN6. The van der Waals surface area contributed by atoms with Gasteiger partial charge in [-0.25, -0.2) is 9.37 Å². The average molecular weight is 544 g/mol. The standard InChI is InChI=1S/C28H33Cl2FN6/c1-3-6-28(34)7-9-37(10-8-28)27-23(31)13-19(14-36-27)26(33)20-12-18(4-5-24(20)32)11-17(2)25-21(29)15-35-16-22(25)30/h4-5,12-17,33H,3,6-11,32,34H2,1-2H3/t17-/m0/s1. The van der Waals surface area contributed by atoms with Crippen molar-refractivity contribution in [2.75, 3.05) is 23.7 Å². The molecule has 0 aliphatic carbocycles. The predicted octanol–water partition coefficient (Wildman–Crippen LogP) is 6.36. The molecule has 1 saturated heterocycles. The zero-order chi connectivity index (χ0) is 26.7. The van der Waals surface area contributed by atoms with Crippen LogP contribution >= 0.6 is 23.2 Å². The molecule has 1 aromatic carbocycles. The molecule has 3 heterocycles. The third-order valence-electron chi connectivity index (χ3n) is 7.23. The van der Waals surface area contributed by atoms with E-state index in [1.54, 1.807) is 24.7 Å². The average Bonchev–Trinajstić information content (AvgIpc) is 2.85. The van der Waals surface area contributed by atoms with Crippen LogP contribution in [0.5, 0.6) is 0 Å². The molecule has 0 radical (unpaired) electrons. The minimum absolute atomic E-state index is 0.0150. The first-order valence-electron chi connectivity index (χ1n) is 12.6. The number of nitrogen functional groups attached to an aromatic ring is 1. The zero-order valence-corrected chi connectivity index (χ0v) is 22.7. The van der Waals surface area contributed by atoms with E-state index in [1.807, 2.05) is 24.0 Å². The molecule has 6 nitrogen and oxygen atoms in total. The first-order valence-corrected chi connectivity index (χ1v) is 13.3. The summed E-state index contributed by atoms with van der Waals surface area (Å²) < 4.78 is 15.2. The number of rotatable bonds is 8. The van der Waals surface area contributed by atoms with E-state index >= 15 is 4.39 Å². The Balaban J connectivity index is 1.51. The smallest absolute Gasteiger partial charge is 0.166 e. The first kappa shape index (κ1) is 27.3. The number of anilines is 2. The maximum absolute atomic E-state index is 15.2. The molecule has 2 aromatic heterocycles. The van der Waals surface area contributed by atoms with E-state index in [9.17, 15) is 0 Å². The molecule has 0 amide bonds. The van der Waals surface area contributed by atoms with Crippen LogP contribution in [0.2, 0.25) is 10.0 Å². The van der Waals surface area contributed by atoms with Crippen molar-refractivity contribution in [3.05, 3.63) is 81.0 Å². The van der Waals surface area contributed by atoms with Gasteiger partial charge in [-0.2, -0.15) is 0 Å². The Bertz CT molecular complexity index is 1270. The van der Waals surface area contributed by atoms with Gasteiger partial charge in [0.2, 0.25) is 0 Å². The molecule has 9 heteroatoms. The van der Waals surface area contributed by atoms with Gasteiger partial charge in [-0.3, -0.25) is 10.4 Å². The molecule has 0 spiro atoms. The molecule has 37 heavy (non-hydrogen) atoms. The van der Waals surface area contributed by atoms with Crippen LogP contribution in [0.1, 0.15) is 67.7 Å². The highest BCUT2D eigenvalue weighted by atomic mass is 35.5. The summed E-state index contributed by atoms with van der Waals surface area (Å²) in [6.07, 6.45) is 8.94. The molecule has 3 aromatic rings. The van der Waals surface area contributed by atoms with Gasteiger partial charge in [0.1, 0.15) is 0 Å². The van der Waals surface area contributed by atoms with E-state index in [0.717, 1.165) is 36.8 Å². The van der Waals surface area contributed by atoms with Crippen molar-refractivity contribution in [2.45, 2.75) is 57.4 Å². The molecule has 1 fully saturated rings. The number of pyridine rings is 2. The van der Waals surface area contributed by atoms with Crippen molar-refractivity contribution in [1.29, 1.82) is 5.41 Å². The lowest BCUT2D eigenvalue weighted by Gasteiger charge is -2.39. The molecule has 5 N–H and O–H groups in total. The van der Waals surface area contributed by atoms with Gasteiger partial charge in [-0.1, -0.05) is 49.5 Å². The van der Waals surface area contributed by atoms with Gasteiger partial charge >= 0.3 is 0 Å². The van der Waals surface area contributed by atoms with Crippen molar-refractivity contribution in [3.8, 4) is 0 Å². The minimum Gasteiger partial charge on any atom is -0.398 e. The maximum Gasteiger partial charge on any atom is 0.166 e. The quantitative estimate of drug-likeness (QED) is 0.226. The summed E-state index contributed by atoms with van der Waals surface area (Å²) in [5.41, 5.74) is 15.8. The third kappa shape index (κ3) is 6.06. The summed E-state index contributed by atoms with van der Waals surface area (Å²) in [5, 5.41) is 9.80. The van der Waals surface area contributed by atoms with Crippen LogP contribution in [0.25, 0.3) is 0 Å². The number of aromatic nitrogens is 2. The van der Waals surface area contributed by atoms with Crippen LogP contribution in [-0.2, 0) is 6.42 Å². The highest BCUT2D eigenvalue weighted by Crippen LogP contribution is 2.33. The Morgan fingerprint density at radius 2 is 1.84 bits per heavy atom. The minimum atomic E-state index is -0.451. The third-order valence-corrected chi connectivity index (χ3v) is 7.83. The fourth-order valence-electron chi connectivity index (χ4n) is 5.16. The van der Waals surface area contributed by atoms with Crippen molar-refractivity contribution in [3.63, 3.8) is 0 Å². The van der Waals surface area contributed by atoms with Crippen LogP contribution in [0, 0.1) is 11.2 Å². The molecule has 196 valence electrons. The van der Waals surface area contributed by atoms with Crippen LogP contribution in [0.3, 0.4) is 0 Å². The molecule has 0 bridgehead atoms. The number of nitrogens with two attached hydrogens (primary N) is 2. The van der Waals surface area contributed by atoms with E-state index in [2.05, 4.69) is 16.9 Å². The maximum atomic E-state index is 15.2. The van der Waals surface area contributed by atoms with Gasteiger partial charge in [0, 0.05) is 54.0 Å². The van der Waals surface area contributed by atoms with Gasteiger partial charge in [-0.15, -0.1) is 0 Å². The lowest BCUT2D eigenvalue weighted by molar-refractivity contribution is 0.307. The van der Waals surface area contributed by atoms with E-state index < -0.39 is 5.82 Å². The Morgan fingerprint density at radius 1 is 1.16 bits per heavy atom. The lowest BCUT2D eigenvalue weighted by atomic mass is 9.84. The fourth-order valence-corrected chi connectivity index (χ4v) is 5.90. The summed E-state index contributed by atoms with van der Waals surface area (Å²) in [6, 6.07) is 6.91. The number of nitrogens with one attached hydrogen (secondary N) is 1. The normalized spacial score (nSPS) is 16.0. The van der Waals surface area contributed by atoms with Crippen molar-refractivity contribution in [2.24, 2.45) is 5.73 Å². The van der Waals surface area contributed by atoms with Crippen LogP contribution in [0.15, 0.2) is 42.9 Å². The van der Waals surface area contributed by atoms with Gasteiger partial charge < -0.3 is 16.4 Å². The van der Waals surface area contributed by atoms with E-state index in [-0.39, 0.29) is 17.2 Å². The Labute approximate surface area is 227 Å². The highest BCUT2D eigenvalue weighted by Gasteiger charge is 2.31. The SMILES string of the molecule is CCCC1(N)CCN(c2ncc(C(=N)c3cc(C[C@H](C)c4c(Cl)cncc4Cl)ccc3N)cc2F)CC1. The highest BCUT2D eigenvalue weighted by molar-refractivity contribution is 6.35. The summed E-state index contributed by atoms with van der Waals surface area (Å²) >= 11 is 12.7. The predicted molar refractivity (Wildman–Crippen MR) is 151 cm³/mol. The molecule has 1 atom stereocenters. The summed E-state index contributed by atoms with van der Waals surface area (Å²) in [4.78, 5) is 10.4. The largest absolute Gasteiger partial charge is 0.398 e. The number of halogens is 3. The van der Waals surface area contributed by atoms with E-state index in [0.29, 0.717) is 52.2 Å². The summed E-state index contributed by atoms with van der Waals surface area (Å²) in [7, 11) is 0. The van der Waals surface area contributed by atoms with Crippen molar-refractivity contribution >= 4 is 40.4 Å². The second-order valence-corrected chi connectivity index (χ2v) is 10.9. The van der Waals surface area contributed by atoms with E-state index in [1.165, 1.54) is 6.07 Å². The van der Waals surface area contributed by atoms with E-state index in [4.69, 9.17) is 40.1 Å². The molecule has 1 aliphatic rings. The number of benzene rings is 1. The molecule has 0 unspecified atom stereocenters. The van der Waals surface area contributed by atoms with Crippen LogP contribution < -0.4 is 16.4 Å².